The van der Waals surface area contributed by atoms with E-state index >= 15 is 0 Å². The van der Waals surface area contributed by atoms with E-state index < -0.39 is 16.0 Å². The van der Waals surface area contributed by atoms with Gasteiger partial charge in [-0.25, -0.2) is 13.2 Å². The predicted molar refractivity (Wildman–Crippen MR) is 121 cm³/mol. The maximum Gasteiger partial charge on any atom is 0.321 e. The Labute approximate surface area is 197 Å². The van der Waals surface area contributed by atoms with E-state index in [1.165, 1.54) is 16.3 Å². The number of urea groups is 1. The summed E-state index contributed by atoms with van der Waals surface area (Å²) >= 11 is 0. The van der Waals surface area contributed by atoms with E-state index in [4.69, 9.17) is 4.52 Å². The molecule has 0 bridgehead atoms. The lowest BCUT2D eigenvalue weighted by Gasteiger charge is -2.33. The SMILES string of the molecule is COC(=O)CCNC(=O)c1ccc(NC(=O)N2CCN(S(=O)(=O)c3c(C)noc3C)CC2)cc1. The van der Waals surface area contributed by atoms with E-state index in [9.17, 15) is 22.8 Å². The molecule has 1 fully saturated rings. The maximum absolute atomic E-state index is 12.9. The Kier molecular flexibility index (Phi) is 7.89. The zero-order valence-corrected chi connectivity index (χ0v) is 20.0. The molecule has 0 atom stereocenters. The molecule has 1 aliphatic heterocycles. The standard InChI is InChI=1S/C21H27N5O7S/c1-14-19(15(2)33-24-14)34(30,31)26-12-10-25(11-13-26)21(29)23-17-6-4-16(5-7-17)20(28)22-9-8-18(27)32-3/h4-7H,8-13H2,1-3H3,(H,22,28)(H,23,29). The van der Waals surface area contributed by atoms with Crippen molar-refractivity contribution in [3.63, 3.8) is 0 Å². The molecule has 0 aliphatic carbocycles. The minimum Gasteiger partial charge on any atom is -0.469 e. The third-order valence-electron chi connectivity index (χ3n) is 5.33. The van der Waals surface area contributed by atoms with Crippen LogP contribution in [0.2, 0.25) is 0 Å². The van der Waals surface area contributed by atoms with Crippen LogP contribution in [0.15, 0.2) is 33.7 Å². The number of nitrogens with one attached hydrogen (secondary N) is 2. The maximum atomic E-state index is 12.9. The van der Waals surface area contributed by atoms with Crippen LogP contribution in [0.25, 0.3) is 0 Å². The van der Waals surface area contributed by atoms with Crippen LogP contribution in [-0.2, 0) is 19.6 Å². The monoisotopic (exact) mass is 493 g/mol. The Morgan fingerprint density at radius 2 is 1.74 bits per heavy atom. The normalized spacial score (nSPS) is 14.5. The molecule has 0 spiro atoms. The largest absolute Gasteiger partial charge is 0.469 e. The summed E-state index contributed by atoms with van der Waals surface area (Å²) in [7, 11) is -2.48. The molecule has 2 aromatic rings. The van der Waals surface area contributed by atoms with Gasteiger partial charge in [-0.2, -0.15) is 4.31 Å². The number of esters is 1. The van der Waals surface area contributed by atoms with Crippen molar-refractivity contribution in [2.24, 2.45) is 0 Å². The zero-order chi connectivity index (χ0) is 24.9. The van der Waals surface area contributed by atoms with E-state index in [-0.39, 0.29) is 61.7 Å². The number of hydrogen-bond acceptors (Lipinski definition) is 8. The van der Waals surface area contributed by atoms with E-state index in [0.29, 0.717) is 16.9 Å². The fraction of sp³-hybridized carbons (Fsp3) is 0.429. The summed E-state index contributed by atoms with van der Waals surface area (Å²) in [5.41, 5.74) is 1.17. The summed E-state index contributed by atoms with van der Waals surface area (Å²) in [6, 6.07) is 5.91. The Morgan fingerprint density at radius 1 is 1.09 bits per heavy atom. The van der Waals surface area contributed by atoms with E-state index in [1.807, 2.05) is 0 Å². The van der Waals surface area contributed by atoms with Crippen molar-refractivity contribution in [1.29, 1.82) is 0 Å². The van der Waals surface area contributed by atoms with E-state index in [0.717, 1.165) is 0 Å². The number of carbonyl (C=O) groups is 3. The molecule has 0 radical (unpaired) electrons. The molecular formula is C21H27N5O7S. The van der Waals surface area contributed by atoms with Gasteiger partial charge < -0.3 is 24.8 Å². The first-order valence-corrected chi connectivity index (χ1v) is 12.0. The predicted octanol–water partition coefficient (Wildman–Crippen LogP) is 1.12. The Morgan fingerprint density at radius 3 is 2.29 bits per heavy atom. The van der Waals surface area contributed by atoms with Crippen LogP contribution in [0.4, 0.5) is 10.5 Å². The number of ether oxygens (including phenoxy) is 1. The van der Waals surface area contributed by atoms with Gasteiger partial charge in [0.15, 0.2) is 5.76 Å². The van der Waals surface area contributed by atoms with Crippen LogP contribution in [0.1, 0.15) is 28.2 Å². The number of benzene rings is 1. The molecule has 3 rings (SSSR count). The number of methoxy groups -OCH3 is 1. The summed E-state index contributed by atoms with van der Waals surface area (Å²) in [5.74, 6) is -0.531. The molecular weight excluding hydrogens is 466 g/mol. The Bertz CT molecular complexity index is 1130. The number of aromatic nitrogens is 1. The summed E-state index contributed by atoms with van der Waals surface area (Å²) < 4.78 is 36.6. The highest BCUT2D eigenvalue weighted by molar-refractivity contribution is 7.89. The highest BCUT2D eigenvalue weighted by Crippen LogP contribution is 2.24. The van der Waals surface area contributed by atoms with Crippen LogP contribution in [0.3, 0.4) is 0 Å². The van der Waals surface area contributed by atoms with E-state index in [2.05, 4.69) is 20.5 Å². The molecule has 1 saturated heterocycles. The second-order valence-electron chi connectivity index (χ2n) is 7.63. The molecule has 184 valence electrons. The van der Waals surface area contributed by atoms with Gasteiger partial charge in [0.2, 0.25) is 10.0 Å². The van der Waals surface area contributed by atoms with Crippen molar-refractivity contribution in [2.75, 3.05) is 45.2 Å². The van der Waals surface area contributed by atoms with Gasteiger partial charge in [0.1, 0.15) is 10.6 Å². The van der Waals surface area contributed by atoms with Crippen LogP contribution in [0.5, 0.6) is 0 Å². The van der Waals surface area contributed by atoms with Crippen molar-refractivity contribution < 1.29 is 32.1 Å². The van der Waals surface area contributed by atoms with Gasteiger partial charge >= 0.3 is 12.0 Å². The number of sulfonamides is 1. The second kappa shape index (κ2) is 10.7. The zero-order valence-electron chi connectivity index (χ0n) is 19.2. The summed E-state index contributed by atoms with van der Waals surface area (Å²) in [5, 5.41) is 9.06. The molecule has 34 heavy (non-hydrogen) atoms. The van der Waals surface area contributed by atoms with Crippen LogP contribution < -0.4 is 10.6 Å². The number of amides is 3. The number of nitrogens with zero attached hydrogens (tertiary/aromatic N) is 3. The highest BCUT2D eigenvalue weighted by atomic mass is 32.2. The number of rotatable bonds is 7. The van der Waals surface area contributed by atoms with Gasteiger partial charge in [-0.1, -0.05) is 5.16 Å². The van der Waals surface area contributed by atoms with Crippen LogP contribution in [-0.4, -0.2) is 80.5 Å². The Balaban J connectivity index is 1.51. The smallest absolute Gasteiger partial charge is 0.321 e. The van der Waals surface area contributed by atoms with Crippen molar-refractivity contribution in [3.8, 4) is 0 Å². The summed E-state index contributed by atoms with van der Waals surface area (Å²) in [4.78, 5) is 37.4. The lowest BCUT2D eigenvalue weighted by Crippen LogP contribution is -2.51. The first kappa shape index (κ1) is 25.2. The van der Waals surface area contributed by atoms with Crippen LogP contribution >= 0.6 is 0 Å². The third-order valence-corrected chi connectivity index (χ3v) is 7.48. The first-order valence-electron chi connectivity index (χ1n) is 10.6. The van der Waals surface area contributed by atoms with Crippen molar-refractivity contribution in [1.82, 2.24) is 19.7 Å². The molecule has 13 heteroatoms. The molecule has 1 aromatic heterocycles. The van der Waals surface area contributed by atoms with Gasteiger partial charge in [0.25, 0.3) is 5.91 Å². The molecule has 0 saturated carbocycles. The van der Waals surface area contributed by atoms with Gasteiger partial charge in [-0.05, 0) is 38.1 Å². The van der Waals surface area contributed by atoms with Gasteiger partial charge in [-0.3, -0.25) is 9.59 Å². The number of hydrogen-bond donors (Lipinski definition) is 2. The van der Waals surface area contributed by atoms with E-state index in [1.54, 1.807) is 38.1 Å². The first-order chi connectivity index (χ1) is 16.1. The lowest BCUT2D eigenvalue weighted by molar-refractivity contribution is -0.140. The molecule has 2 N–H and O–H groups in total. The lowest BCUT2D eigenvalue weighted by atomic mass is 10.2. The second-order valence-corrected chi connectivity index (χ2v) is 9.51. The molecule has 12 nitrogen and oxygen atoms in total. The van der Waals surface area contributed by atoms with Gasteiger partial charge in [-0.15, -0.1) is 0 Å². The number of aryl methyl sites for hydroxylation is 2. The van der Waals surface area contributed by atoms with Crippen molar-refractivity contribution in [3.05, 3.63) is 41.3 Å². The van der Waals surface area contributed by atoms with Crippen LogP contribution in [0, 0.1) is 13.8 Å². The Hall–Kier alpha value is -3.45. The molecule has 1 aromatic carbocycles. The summed E-state index contributed by atoms with van der Waals surface area (Å²) in [6.45, 7) is 4.00. The number of anilines is 1. The molecule has 0 unspecified atom stereocenters. The van der Waals surface area contributed by atoms with Gasteiger partial charge in [0.05, 0.1) is 13.5 Å². The van der Waals surface area contributed by atoms with Crippen molar-refractivity contribution >= 4 is 33.6 Å². The molecule has 2 heterocycles. The number of piperazine rings is 1. The minimum atomic E-state index is -3.76. The summed E-state index contributed by atoms with van der Waals surface area (Å²) in [6.07, 6.45) is 0.0725. The topological polar surface area (TPSA) is 151 Å². The fourth-order valence-corrected chi connectivity index (χ4v) is 5.21. The van der Waals surface area contributed by atoms with Crippen molar-refractivity contribution in [2.45, 2.75) is 25.2 Å². The molecule has 3 amide bonds. The van der Waals surface area contributed by atoms with Gasteiger partial charge in [0, 0.05) is 44.0 Å². The average Bonchev–Trinajstić information content (AvgIpc) is 3.17. The quantitative estimate of drug-likeness (QED) is 0.545. The molecule has 1 aliphatic rings. The highest BCUT2D eigenvalue weighted by Gasteiger charge is 2.34. The number of carbonyl (C=O) groups excluding carboxylic acids is 3. The average molecular weight is 494 g/mol. The fourth-order valence-electron chi connectivity index (χ4n) is 3.49. The minimum absolute atomic E-state index is 0.0693. The third kappa shape index (κ3) is 5.72.